The van der Waals surface area contributed by atoms with Crippen LogP contribution >= 0.6 is 22.7 Å². The van der Waals surface area contributed by atoms with Crippen molar-refractivity contribution in [3.63, 3.8) is 0 Å². The molecular weight excluding hydrogens is 432 g/mol. The summed E-state index contributed by atoms with van der Waals surface area (Å²) in [7, 11) is 0. The number of hydrogen-bond donors (Lipinski definition) is 2. The summed E-state index contributed by atoms with van der Waals surface area (Å²) >= 11 is 2.84. The summed E-state index contributed by atoms with van der Waals surface area (Å²) < 4.78 is 5.71. The van der Waals surface area contributed by atoms with Gasteiger partial charge in [0.25, 0.3) is 0 Å². The van der Waals surface area contributed by atoms with Crippen molar-refractivity contribution in [3.8, 4) is 11.5 Å². The fourth-order valence-electron chi connectivity index (χ4n) is 2.70. The number of thiazole rings is 1. The highest BCUT2D eigenvalue weighted by molar-refractivity contribution is 7.14. The number of thiophene rings is 1. The molecule has 0 saturated carbocycles. The first-order valence-corrected chi connectivity index (χ1v) is 11.1. The Bertz CT molecular complexity index is 1140. The van der Waals surface area contributed by atoms with Crippen molar-refractivity contribution in [2.45, 2.75) is 12.8 Å². The smallest absolute Gasteiger partial charge is 0.231 e. The Morgan fingerprint density at radius 1 is 0.871 bits per heavy atom. The summed E-state index contributed by atoms with van der Waals surface area (Å²) in [4.78, 5) is 33.7. The molecule has 0 saturated heterocycles. The quantitative estimate of drug-likeness (QED) is 0.404. The molecule has 0 aliphatic heterocycles. The average Bonchev–Trinajstić information content (AvgIpc) is 3.42. The molecule has 0 aliphatic carbocycles. The SMILES string of the molecule is O=C(Cc1csc(NC(=O)Cc2cccs2)n1)Nc1ccc(Oc2ccncc2)cc1. The summed E-state index contributed by atoms with van der Waals surface area (Å²) in [6, 6.07) is 14.5. The second-order valence-corrected chi connectivity index (χ2v) is 8.37. The van der Waals surface area contributed by atoms with Gasteiger partial charge < -0.3 is 15.4 Å². The lowest BCUT2D eigenvalue weighted by molar-refractivity contribution is -0.116. The summed E-state index contributed by atoms with van der Waals surface area (Å²) in [5, 5.41) is 9.80. The number of nitrogens with zero attached hydrogens (tertiary/aromatic N) is 2. The Morgan fingerprint density at radius 2 is 1.61 bits per heavy atom. The van der Waals surface area contributed by atoms with Crippen molar-refractivity contribution in [1.82, 2.24) is 9.97 Å². The molecule has 3 heterocycles. The molecule has 0 atom stereocenters. The lowest BCUT2D eigenvalue weighted by Gasteiger charge is -2.07. The van der Waals surface area contributed by atoms with Crippen LogP contribution in [0.5, 0.6) is 11.5 Å². The third-order valence-electron chi connectivity index (χ3n) is 4.08. The van der Waals surface area contributed by atoms with Crippen molar-refractivity contribution in [1.29, 1.82) is 0 Å². The number of carbonyl (C=O) groups excluding carboxylic acids is 2. The Labute approximate surface area is 186 Å². The van der Waals surface area contributed by atoms with Crippen LogP contribution in [0.3, 0.4) is 0 Å². The molecule has 1 aromatic carbocycles. The second kappa shape index (κ2) is 9.96. The van der Waals surface area contributed by atoms with E-state index in [1.807, 2.05) is 17.5 Å². The van der Waals surface area contributed by atoms with Crippen LogP contribution < -0.4 is 15.4 Å². The van der Waals surface area contributed by atoms with Gasteiger partial charge in [-0.25, -0.2) is 4.98 Å². The molecule has 156 valence electrons. The molecule has 0 radical (unpaired) electrons. The van der Waals surface area contributed by atoms with E-state index in [1.54, 1.807) is 54.2 Å². The van der Waals surface area contributed by atoms with E-state index in [1.165, 1.54) is 22.7 Å². The van der Waals surface area contributed by atoms with Gasteiger partial charge in [-0.3, -0.25) is 14.6 Å². The lowest BCUT2D eigenvalue weighted by atomic mass is 10.2. The van der Waals surface area contributed by atoms with E-state index in [9.17, 15) is 9.59 Å². The maximum Gasteiger partial charge on any atom is 0.231 e. The first kappa shape index (κ1) is 20.7. The molecule has 0 aliphatic rings. The van der Waals surface area contributed by atoms with Crippen molar-refractivity contribution in [2.75, 3.05) is 10.6 Å². The largest absolute Gasteiger partial charge is 0.457 e. The molecule has 0 unspecified atom stereocenters. The number of aromatic nitrogens is 2. The van der Waals surface area contributed by atoms with Gasteiger partial charge in [-0.1, -0.05) is 6.07 Å². The van der Waals surface area contributed by atoms with Crippen LogP contribution in [0.15, 0.2) is 71.7 Å². The fourth-order valence-corrected chi connectivity index (χ4v) is 4.13. The van der Waals surface area contributed by atoms with E-state index in [0.717, 1.165) is 4.88 Å². The molecule has 0 bridgehead atoms. The summed E-state index contributed by atoms with van der Waals surface area (Å²) in [5.41, 5.74) is 1.26. The highest BCUT2D eigenvalue weighted by atomic mass is 32.1. The predicted octanol–water partition coefficient (Wildman–Crippen LogP) is 4.75. The Hall–Kier alpha value is -3.56. The van der Waals surface area contributed by atoms with E-state index in [4.69, 9.17) is 4.74 Å². The molecule has 0 spiro atoms. The third-order valence-corrected chi connectivity index (χ3v) is 5.76. The molecule has 3 aromatic heterocycles. The zero-order valence-corrected chi connectivity index (χ0v) is 17.9. The Kier molecular flexibility index (Phi) is 6.65. The molecule has 9 heteroatoms. The third kappa shape index (κ3) is 6.21. The van der Waals surface area contributed by atoms with Crippen LogP contribution in [0.4, 0.5) is 10.8 Å². The van der Waals surface area contributed by atoms with Crippen molar-refractivity contribution < 1.29 is 14.3 Å². The molecule has 31 heavy (non-hydrogen) atoms. The molecule has 4 aromatic rings. The maximum atomic E-state index is 12.3. The molecule has 0 fully saturated rings. The molecule has 7 nitrogen and oxygen atoms in total. The first-order chi connectivity index (χ1) is 15.1. The normalized spacial score (nSPS) is 10.5. The predicted molar refractivity (Wildman–Crippen MR) is 122 cm³/mol. The van der Waals surface area contributed by atoms with Crippen LogP contribution in [0, 0.1) is 0 Å². The van der Waals surface area contributed by atoms with Gasteiger partial charge in [-0.2, -0.15) is 0 Å². The van der Waals surface area contributed by atoms with E-state index in [2.05, 4.69) is 20.6 Å². The van der Waals surface area contributed by atoms with Gasteiger partial charge in [-0.05, 0) is 47.8 Å². The highest BCUT2D eigenvalue weighted by Crippen LogP contribution is 2.23. The lowest BCUT2D eigenvalue weighted by Crippen LogP contribution is -2.15. The summed E-state index contributed by atoms with van der Waals surface area (Å²) in [5.74, 6) is 1.03. The number of amides is 2. The number of hydrogen-bond acceptors (Lipinski definition) is 7. The number of pyridine rings is 1. The highest BCUT2D eigenvalue weighted by Gasteiger charge is 2.11. The fraction of sp³-hybridized carbons (Fsp3) is 0.0909. The van der Waals surface area contributed by atoms with Gasteiger partial charge in [0.15, 0.2) is 5.13 Å². The van der Waals surface area contributed by atoms with Gasteiger partial charge in [-0.15, -0.1) is 22.7 Å². The minimum Gasteiger partial charge on any atom is -0.457 e. The van der Waals surface area contributed by atoms with Gasteiger partial charge in [0.05, 0.1) is 18.5 Å². The van der Waals surface area contributed by atoms with Gasteiger partial charge in [0.1, 0.15) is 11.5 Å². The first-order valence-electron chi connectivity index (χ1n) is 9.38. The van der Waals surface area contributed by atoms with E-state index >= 15 is 0 Å². The number of ether oxygens (including phenoxy) is 1. The number of anilines is 2. The zero-order chi connectivity index (χ0) is 21.5. The topological polar surface area (TPSA) is 93.2 Å². The van der Waals surface area contributed by atoms with Crippen LogP contribution in [0.25, 0.3) is 0 Å². The maximum absolute atomic E-state index is 12.3. The molecule has 2 N–H and O–H groups in total. The number of carbonyl (C=O) groups is 2. The average molecular weight is 451 g/mol. The number of benzene rings is 1. The summed E-state index contributed by atoms with van der Waals surface area (Å²) in [6.07, 6.45) is 3.74. The van der Waals surface area contributed by atoms with Crippen LogP contribution in [-0.2, 0) is 22.4 Å². The van der Waals surface area contributed by atoms with Gasteiger partial charge in [0, 0.05) is 28.3 Å². The monoisotopic (exact) mass is 450 g/mol. The minimum absolute atomic E-state index is 0.118. The van der Waals surface area contributed by atoms with Crippen LogP contribution in [0.2, 0.25) is 0 Å². The standard InChI is InChI=1S/C22H18N4O3S2/c27-20(24-15-3-5-17(6-4-15)29-18-7-9-23-10-8-18)12-16-14-31-22(25-16)26-21(28)13-19-2-1-11-30-19/h1-11,14H,12-13H2,(H,24,27)(H,25,26,28). The summed E-state index contributed by atoms with van der Waals surface area (Å²) in [6.45, 7) is 0. The van der Waals surface area contributed by atoms with Crippen molar-refractivity contribution in [2.24, 2.45) is 0 Å². The second-order valence-electron chi connectivity index (χ2n) is 6.48. The van der Waals surface area contributed by atoms with Crippen molar-refractivity contribution in [3.05, 3.63) is 82.3 Å². The Morgan fingerprint density at radius 3 is 2.35 bits per heavy atom. The van der Waals surface area contributed by atoms with Crippen LogP contribution in [-0.4, -0.2) is 21.8 Å². The minimum atomic E-state index is -0.190. The Balaban J connectivity index is 1.26. The molecule has 4 rings (SSSR count). The van der Waals surface area contributed by atoms with Crippen molar-refractivity contribution >= 4 is 45.3 Å². The molecular formula is C22H18N4O3S2. The molecule has 2 amide bonds. The van der Waals surface area contributed by atoms with E-state index < -0.39 is 0 Å². The van der Waals surface area contributed by atoms with Gasteiger partial charge in [0.2, 0.25) is 11.8 Å². The number of nitrogens with one attached hydrogen (secondary N) is 2. The van der Waals surface area contributed by atoms with Gasteiger partial charge >= 0.3 is 0 Å². The zero-order valence-electron chi connectivity index (χ0n) is 16.3. The van der Waals surface area contributed by atoms with E-state index in [-0.39, 0.29) is 18.2 Å². The van der Waals surface area contributed by atoms with E-state index in [0.29, 0.717) is 34.4 Å². The number of rotatable bonds is 8. The van der Waals surface area contributed by atoms with Crippen LogP contribution in [0.1, 0.15) is 10.6 Å².